The molecule has 3 nitrogen and oxygen atoms in total. The van der Waals surface area contributed by atoms with Gasteiger partial charge in [-0.1, -0.05) is 13.8 Å². The molecule has 1 aromatic heterocycles. The summed E-state index contributed by atoms with van der Waals surface area (Å²) in [7, 11) is 0. The maximum atomic E-state index is 9.04. The molecule has 0 aliphatic heterocycles. The summed E-state index contributed by atoms with van der Waals surface area (Å²) in [6.07, 6.45) is 0. The quantitative estimate of drug-likeness (QED) is 0.641. The van der Waals surface area contributed by atoms with Crippen LogP contribution in [0.2, 0.25) is 0 Å². The first kappa shape index (κ1) is 7.85. The highest BCUT2D eigenvalue weighted by atomic mass is 16.3. The Kier molecular flexibility index (Phi) is 1.98. The Bertz CT molecular complexity index is 258. The Labute approximate surface area is 65.9 Å². The lowest BCUT2D eigenvalue weighted by Gasteiger charge is -2.05. The van der Waals surface area contributed by atoms with Gasteiger partial charge in [-0.25, -0.2) is 4.98 Å². The molecule has 11 heavy (non-hydrogen) atoms. The van der Waals surface area contributed by atoms with Gasteiger partial charge in [-0.15, -0.1) is 0 Å². The Morgan fingerprint density at radius 2 is 2.09 bits per heavy atom. The van der Waals surface area contributed by atoms with Gasteiger partial charge in [0.1, 0.15) is 0 Å². The van der Waals surface area contributed by atoms with Crippen molar-refractivity contribution in [1.82, 2.24) is 4.98 Å². The highest BCUT2D eigenvalue weighted by Gasteiger charge is 2.03. The van der Waals surface area contributed by atoms with Gasteiger partial charge >= 0.3 is 0 Å². The van der Waals surface area contributed by atoms with Crippen LogP contribution in [0.1, 0.15) is 25.5 Å². The van der Waals surface area contributed by atoms with Crippen LogP contribution >= 0.6 is 0 Å². The second-order valence-electron chi connectivity index (χ2n) is 2.80. The van der Waals surface area contributed by atoms with E-state index in [0.29, 0.717) is 5.92 Å². The number of nitrogens with two attached hydrogens (primary N) is 1. The summed E-state index contributed by atoms with van der Waals surface area (Å²) in [6.45, 7) is 4.05. The zero-order valence-electron chi connectivity index (χ0n) is 6.70. The van der Waals surface area contributed by atoms with E-state index in [1.54, 1.807) is 12.1 Å². The minimum atomic E-state index is 0.0504. The molecule has 0 aromatic carbocycles. The first-order valence-corrected chi connectivity index (χ1v) is 3.56. The van der Waals surface area contributed by atoms with Crippen LogP contribution in [0.15, 0.2) is 12.1 Å². The second kappa shape index (κ2) is 2.78. The number of nitrogen functional groups attached to an aromatic ring is 1. The third kappa shape index (κ3) is 1.61. The Hall–Kier alpha value is -1.25. The fourth-order valence-corrected chi connectivity index (χ4v) is 0.805. The summed E-state index contributed by atoms with van der Waals surface area (Å²) in [5, 5.41) is 9.04. The summed E-state index contributed by atoms with van der Waals surface area (Å²) >= 11 is 0. The van der Waals surface area contributed by atoms with E-state index >= 15 is 0 Å². The van der Waals surface area contributed by atoms with Crippen molar-refractivity contribution in [2.24, 2.45) is 0 Å². The number of pyridine rings is 1. The van der Waals surface area contributed by atoms with E-state index in [1.807, 2.05) is 13.8 Å². The lowest BCUT2D eigenvalue weighted by atomic mass is 10.1. The molecule has 3 N–H and O–H groups in total. The number of rotatable bonds is 1. The fraction of sp³-hybridized carbons (Fsp3) is 0.375. The topological polar surface area (TPSA) is 59.1 Å². The van der Waals surface area contributed by atoms with Crippen molar-refractivity contribution in [1.29, 1.82) is 0 Å². The van der Waals surface area contributed by atoms with Gasteiger partial charge < -0.3 is 10.8 Å². The van der Waals surface area contributed by atoms with E-state index in [4.69, 9.17) is 10.8 Å². The average Bonchev–Trinajstić information content (AvgIpc) is 1.94. The van der Waals surface area contributed by atoms with Crippen LogP contribution in [0, 0.1) is 0 Å². The predicted octanol–water partition coefficient (Wildman–Crippen LogP) is 1.49. The summed E-state index contributed by atoms with van der Waals surface area (Å²) in [6, 6.07) is 3.34. The minimum absolute atomic E-state index is 0.0504. The van der Waals surface area contributed by atoms with E-state index in [2.05, 4.69) is 4.98 Å². The maximum absolute atomic E-state index is 9.04. The zero-order chi connectivity index (χ0) is 8.43. The fourth-order valence-electron chi connectivity index (χ4n) is 0.805. The van der Waals surface area contributed by atoms with Crippen molar-refractivity contribution in [3.8, 4) is 5.75 Å². The molecule has 0 spiro atoms. The monoisotopic (exact) mass is 152 g/mol. The molecule has 0 amide bonds. The molecule has 0 aliphatic rings. The van der Waals surface area contributed by atoms with Gasteiger partial charge in [0.25, 0.3) is 0 Å². The molecule has 0 aliphatic carbocycles. The number of aromatic nitrogens is 1. The van der Waals surface area contributed by atoms with Crippen molar-refractivity contribution >= 4 is 5.82 Å². The van der Waals surface area contributed by atoms with Crippen LogP contribution in [0.25, 0.3) is 0 Å². The average molecular weight is 152 g/mol. The van der Waals surface area contributed by atoms with E-state index in [0.717, 1.165) is 5.69 Å². The molecule has 60 valence electrons. The number of anilines is 1. The Morgan fingerprint density at radius 1 is 1.45 bits per heavy atom. The molecule has 0 fully saturated rings. The molecule has 1 heterocycles. The van der Waals surface area contributed by atoms with Crippen LogP contribution in [-0.2, 0) is 0 Å². The molecular weight excluding hydrogens is 140 g/mol. The van der Waals surface area contributed by atoms with E-state index in [-0.39, 0.29) is 11.6 Å². The van der Waals surface area contributed by atoms with Crippen LogP contribution in [0.3, 0.4) is 0 Å². The molecule has 0 saturated carbocycles. The van der Waals surface area contributed by atoms with Crippen molar-refractivity contribution in [3.63, 3.8) is 0 Å². The van der Waals surface area contributed by atoms with Crippen LogP contribution in [0.4, 0.5) is 5.82 Å². The molecule has 0 unspecified atom stereocenters. The van der Waals surface area contributed by atoms with Gasteiger partial charge in [0.15, 0.2) is 11.6 Å². The van der Waals surface area contributed by atoms with E-state index in [9.17, 15) is 0 Å². The van der Waals surface area contributed by atoms with Gasteiger partial charge in [-0.3, -0.25) is 0 Å². The first-order chi connectivity index (χ1) is 5.11. The number of hydrogen-bond donors (Lipinski definition) is 2. The lowest BCUT2D eigenvalue weighted by Crippen LogP contribution is -1.97. The van der Waals surface area contributed by atoms with E-state index in [1.165, 1.54) is 0 Å². The molecule has 0 bridgehead atoms. The van der Waals surface area contributed by atoms with Gasteiger partial charge in [0, 0.05) is 5.69 Å². The summed E-state index contributed by atoms with van der Waals surface area (Å²) in [4.78, 5) is 4.00. The maximum Gasteiger partial charge on any atom is 0.166 e. The molecule has 0 saturated heterocycles. The normalized spacial score (nSPS) is 10.5. The lowest BCUT2D eigenvalue weighted by molar-refractivity contribution is 0.475. The number of nitrogens with zero attached hydrogens (tertiary/aromatic N) is 1. The summed E-state index contributed by atoms with van der Waals surface area (Å²) in [5.74, 6) is 0.600. The van der Waals surface area contributed by atoms with Gasteiger partial charge in [0.05, 0.1) is 0 Å². The van der Waals surface area contributed by atoms with Crippen molar-refractivity contribution < 1.29 is 5.11 Å². The van der Waals surface area contributed by atoms with Crippen molar-refractivity contribution in [2.45, 2.75) is 19.8 Å². The highest BCUT2D eigenvalue weighted by molar-refractivity contribution is 5.45. The smallest absolute Gasteiger partial charge is 0.166 e. The highest BCUT2D eigenvalue weighted by Crippen LogP contribution is 2.20. The summed E-state index contributed by atoms with van der Waals surface area (Å²) < 4.78 is 0. The van der Waals surface area contributed by atoms with Crippen molar-refractivity contribution in [2.75, 3.05) is 5.73 Å². The standard InChI is InChI=1S/C8H12N2O/c1-5(2)6-3-4-7(11)8(9)10-6/h3-5,11H,1-2H3,(H2,9,10). The second-order valence-corrected chi connectivity index (χ2v) is 2.80. The number of aromatic hydroxyl groups is 1. The zero-order valence-corrected chi connectivity index (χ0v) is 6.70. The molecular formula is C8H12N2O. The van der Waals surface area contributed by atoms with Crippen LogP contribution in [-0.4, -0.2) is 10.1 Å². The van der Waals surface area contributed by atoms with Crippen LogP contribution in [0.5, 0.6) is 5.75 Å². The van der Waals surface area contributed by atoms with Gasteiger partial charge in [0.2, 0.25) is 0 Å². The molecule has 1 aromatic rings. The molecule has 3 heteroatoms. The third-order valence-corrected chi connectivity index (χ3v) is 1.52. The van der Waals surface area contributed by atoms with E-state index < -0.39 is 0 Å². The summed E-state index contributed by atoms with van der Waals surface area (Å²) in [5.41, 5.74) is 6.30. The SMILES string of the molecule is CC(C)c1ccc(O)c(N)n1. The van der Waals surface area contributed by atoms with Crippen LogP contribution < -0.4 is 5.73 Å². The van der Waals surface area contributed by atoms with Gasteiger partial charge in [-0.05, 0) is 18.1 Å². The Balaban J connectivity index is 3.05. The first-order valence-electron chi connectivity index (χ1n) is 3.56. The minimum Gasteiger partial charge on any atom is -0.504 e. The van der Waals surface area contributed by atoms with Gasteiger partial charge in [-0.2, -0.15) is 0 Å². The number of hydrogen-bond acceptors (Lipinski definition) is 3. The molecule has 0 radical (unpaired) electrons. The predicted molar refractivity (Wildman–Crippen MR) is 44.4 cm³/mol. The Morgan fingerprint density at radius 3 is 2.55 bits per heavy atom. The third-order valence-electron chi connectivity index (χ3n) is 1.52. The molecule has 0 atom stereocenters. The molecule has 1 rings (SSSR count). The van der Waals surface area contributed by atoms with Crippen molar-refractivity contribution in [3.05, 3.63) is 17.8 Å². The largest absolute Gasteiger partial charge is 0.504 e.